The fraction of sp³-hybridized carbons (Fsp3) is 0.238. The van der Waals surface area contributed by atoms with Gasteiger partial charge in [0.25, 0.3) is 5.56 Å². The molecule has 0 bridgehead atoms. The van der Waals surface area contributed by atoms with Crippen LogP contribution in [0, 0.1) is 6.92 Å². The molecule has 3 aromatic rings. The SMILES string of the molecule is CC(=O)N1CCc2c(cn(-c3cccc(-c4csc(C)n4)c3)c(=O)c2C(=O)O)C1. The molecule has 0 spiro atoms. The Bertz CT molecular complexity index is 1190. The van der Waals surface area contributed by atoms with Gasteiger partial charge in [0.2, 0.25) is 5.91 Å². The number of nitrogens with zero attached hydrogens (tertiary/aromatic N) is 3. The van der Waals surface area contributed by atoms with Crippen LogP contribution in [0.25, 0.3) is 16.9 Å². The fourth-order valence-corrected chi connectivity index (χ4v) is 4.27. The van der Waals surface area contributed by atoms with Gasteiger partial charge >= 0.3 is 5.97 Å². The number of rotatable bonds is 3. The molecule has 1 N–H and O–H groups in total. The van der Waals surface area contributed by atoms with Crippen LogP contribution in [0.4, 0.5) is 0 Å². The van der Waals surface area contributed by atoms with Crippen LogP contribution in [0.3, 0.4) is 0 Å². The molecule has 3 heterocycles. The highest BCUT2D eigenvalue weighted by Crippen LogP contribution is 2.25. The molecule has 29 heavy (non-hydrogen) atoms. The van der Waals surface area contributed by atoms with Gasteiger partial charge in [0.1, 0.15) is 5.56 Å². The third-order valence-corrected chi connectivity index (χ3v) is 5.87. The van der Waals surface area contributed by atoms with Crippen LogP contribution in [0.15, 0.2) is 40.6 Å². The lowest BCUT2D eigenvalue weighted by Crippen LogP contribution is -2.38. The van der Waals surface area contributed by atoms with E-state index in [1.807, 2.05) is 30.5 Å². The van der Waals surface area contributed by atoms with E-state index in [2.05, 4.69) is 4.98 Å². The van der Waals surface area contributed by atoms with Crippen molar-refractivity contribution in [2.45, 2.75) is 26.8 Å². The van der Waals surface area contributed by atoms with E-state index in [-0.39, 0.29) is 18.0 Å². The number of aryl methyl sites for hydroxylation is 1. The third-order valence-electron chi connectivity index (χ3n) is 5.10. The molecule has 0 atom stereocenters. The average Bonchev–Trinajstić information content (AvgIpc) is 3.13. The maximum absolute atomic E-state index is 13.0. The van der Waals surface area contributed by atoms with Gasteiger partial charge in [0.15, 0.2) is 0 Å². The van der Waals surface area contributed by atoms with Gasteiger partial charge in [0, 0.05) is 42.8 Å². The molecular formula is C21H19N3O4S. The van der Waals surface area contributed by atoms with Crippen LogP contribution in [-0.2, 0) is 17.8 Å². The Balaban J connectivity index is 1.88. The van der Waals surface area contributed by atoms with Crippen molar-refractivity contribution in [2.24, 2.45) is 0 Å². The lowest BCUT2D eigenvalue weighted by Gasteiger charge is -2.29. The molecule has 148 valence electrons. The highest BCUT2D eigenvalue weighted by atomic mass is 32.1. The summed E-state index contributed by atoms with van der Waals surface area (Å²) in [6.45, 7) is 4.10. The Morgan fingerprint density at radius 1 is 1.28 bits per heavy atom. The van der Waals surface area contributed by atoms with Crippen molar-refractivity contribution < 1.29 is 14.7 Å². The van der Waals surface area contributed by atoms with E-state index >= 15 is 0 Å². The van der Waals surface area contributed by atoms with Crippen molar-refractivity contribution >= 4 is 23.2 Å². The normalized spacial score (nSPS) is 13.2. The summed E-state index contributed by atoms with van der Waals surface area (Å²) >= 11 is 1.54. The number of carbonyl (C=O) groups excluding carboxylic acids is 1. The summed E-state index contributed by atoms with van der Waals surface area (Å²) < 4.78 is 1.36. The number of carboxylic acids is 1. The lowest BCUT2D eigenvalue weighted by molar-refractivity contribution is -0.129. The van der Waals surface area contributed by atoms with Gasteiger partial charge in [-0.15, -0.1) is 11.3 Å². The molecule has 0 saturated carbocycles. The van der Waals surface area contributed by atoms with Gasteiger partial charge < -0.3 is 10.0 Å². The number of hydrogen-bond acceptors (Lipinski definition) is 5. The topological polar surface area (TPSA) is 92.5 Å². The van der Waals surface area contributed by atoms with Crippen molar-refractivity contribution in [1.82, 2.24) is 14.5 Å². The summed E-state index contributed by atoms with van der Waals surface area (Å²) in [6.07, 6.45) is 2.01. The Morgan fingerprint density at radius 3 is 2.72 bits per heavy atom. The minimum atomic E-state index is -1.25. The fourth-order valence-electron chi connectivity index (χ4n) is 3.65. The zero-order chi connectivity index (χ0) is 20.7. The first-order valence-corrected chi connectivity index (χ1v) is 10.0. The summed E-state index contributed by atoms with van der Waals surface area (Å²) in [4.78, 5) is 42.8. The number of aromatic carboxylic acids is 1. The molecule has 0 fully saturated rings. The Labute approximate surface area is 170 Å². The van der Waals surface area contributed by atoms with Crippen LogP contribution in [0.1, 0.15) is 33.4 Å². The number of pyridine rings is 1. The number of carbonyl (C=O) groups is 2. The maximum Gasteiger partial charge on any atom is 0.341 e. The third kappa shape index (κ3) is 3.47. The summed E-state index contributed by atoms with van der Waals surface area (Å²) in [5.41, 5.74) is 2.62. The highest BCUT2D eigenvalue weighted by molar-refractivity contribution is 7.09. The number of carboxylic acid groups (broad SMARTS) is 1. The monoisotopic (exact) mass is 409 g/mol. The first kappa shape index (κ1) is 19.1. The van der Waals surface area contributed by atoms with Crippen molar-refractivity contribution in [3.05, 3.63) is 67.9 Å². The molecular weight excluding hydrogens is 390 g/mol. The van der Waals surface area contributed by atoms with E-state index in [0.29, 0.717) is 29.8 Å². The van der Waals surface area contributed by atoms with Gasteiger partial charge in [-0.2, -0.15) is 0 Å². The number of amides is 1. The highest BCUT2D eigenvalue weighted by Gasteiger charge is 2.27. The zero-order valence-corrected chi connectivity index (χ0v) is 16.8. The molecule has 2 aromatic heterocycles. The minimum Gasteiger partial charge on any atom is -0.477 e. The Kier molecular flexibility index (Phi) is 4.79. The van der Waals surface area contributed by atoms with E-state index in [1.165, 1.54) is 22.8 Å². The molecule has 8 heteroatoms. The van der Waals surface area contributed by atoms with E-state index < -0.39 is 11.5 Å². The second-order valence-electron chi connectivity index (χ2n) is 6.98. The van der Waals surface area contributed by atoms with Crippen LogP contribution in [-0.4, -0.2) is 38.0 Å². The Morgan fingerprint density at radius 2 is 2.07 bits per heavy atom. The number of thiazole rings is 1. The summed E-state index contributed by atoms with van der Waals surface area (Å²) in [5, 5.41) is 12.6. The zero-order valence-electron chi connectivity index (χ0n) is 16.0. The molecule has 0 aliphatic carbocycles. The second kappa shape index (κ2) is 7.29. The van der Waals surface area contributed by atoms with Crippen molar-refractivity contribution in [1.29, 1.82) is 0 Å². The van der Waals surface area contributed by atoms with E-state index in [9.17, 15) is 19.5 Å². The van der Waals surface area contributed by atoms with Crippen LogP contribution in [0.5, 0.6) is 0 Å². The largest absolute Gasteiger partial charge is 0.477 e. The van der Waals surface area contributed by atoms with Gasteiger partial charge in [-0.25, -0.2) is 9.78 Å². The smallest absolute Gasteiger partial charge is 0.341 e. The van der Waals surface area contributed by atoms with Crippen molar-refractivity contribution in [3.8, 4) is 16.9 Å². The van der Waals surface area contributed by atoms with Crippen LogP contribution < -0.4 is 5.56 Å². The molecule has 0 saturated heterocycles. The Hall–Kier alpha value is -3.26. The summed E-state index contributed by atoms with van der Waals surface area (Å²) in [6, 6.07) is 7.29. The van der Waals surface area contributed by atoms with Gasteiger partial charge in [-0.3, -0.25) is 14.2 Å². The van der Waals surface area contributed by atoms with E-state index in [4.69, 9.17) is 0 Å². The number of fused-ring (bicyclic) bond motifs is 1. The number of hydrogen-bond donors (Lipinski definition) is 1. The van der Waals surface area contributed by atoms with Crippen LogP contribution >= 0.6 is 11.3 Å². The molecule has 1 aliphatic rings. The summed E-state index contributed by atoms with van der Waals surface area (Å²) in [7, 11) is 0. The molecule has 1 aromatic carbocycles. The van der Waals surface area contributed by atoms with Gasteiger partial charge in [-0.1, -0.05) is 12.1 Å². The minimum absolute atomic E-state index is 0.0776. The standard InChI is InChI=1S/C21H19N3O4S/c1-12-22-18(11-29-12)14-4-3-5-16(8-14)24-10-15-9-23(13(2)25)7-6-17(15)19(20(24)26)21(27)28/h3-5,8,10-11H,6-7,9H2,1-2H3,(H,27,28). The predicted molar refractivity (Wildman–Crippen MR) is 110 cm³/mol. The molecule has 0 unspecified atom stereocenters. The maximum atomic E-state index is 13.0. The van der Waals surface area contributed by atoms with E-state index in [0.717, 1.165) is 16.3 Å². The lowest BCUT2D eigenvalue weighted by atomic mass is 9.96. The average molecular weight is 409 g/mol. The predicted octanol–water partition coefficient (Wildman–Crippen LogP) is 2.87. The molecule has 0 radical (unpaired) electrons. The van der Waals surface area contributed by atoms with Crippen LogP contribution in [0.2, 0.25) is 0 Å². The van der Waals surface area contributed by atoms with Crippen molar-refractivity contribution in [2.75, 3.05) is 6.54 Å². The first-order valence-electron chi connectivity index (χ1n) is 9.14. The van der Waals surface area contributed by atoms with E-state index in [1.54, 1.807) is 17.2 Å². The van der Waals surface area contributed by atoms with Crippen molar-refractivity contribution in [3.63, 3.8) is 0 Å². The number of aromatic nitrogens is 2. The van der Waals surface area contributed by atoms with Gasteiger partial charge in [-0.05, 0) is 36.6 Å². The molecule has 1 amide bonds. The summed E-state index contributed by atoms with van der Waals surface area (Å²) in [5.74, 6) is -1.32. The number of benzene rings is 1. The molecule has 4 rings (SSSR count). The molecule has 7 nitrogen and oxygen atoms in total. The first-order chi connectivity index (χ1) is 13.8. The van der Waals surface area contributed by atoms with Gasteiger partial charge in [0.05, 0.1) is 10.7 Å². The quantitative estimate of drug-likeness (QED) is 0.718. The second-order valence-corrected chi connectivity index (χ2v) is 8.04. The molecule has 1 aliphatic heterocycles.